The fourth-order valence-electron chi connectivity index (χ4n) is 3.46. The summed E-state index contributed by atoms with van der Waals surface area (Å²) < 4.78 is 30.0. The van der Waals surface area contributed by atoms with Gasteiger partial charge in [0.15, 0.2) is 23.1 Å². The largest absolute Gasteiger partial charge is 0.352 e. The van der Waals surface area contributed by atoms with Gasteiger partial charge >= 0.3 is 0 Å². The number of amides is 1. The molecule has 10 heteroatoms. The van der Waals surface area contributed by atoms with E-state index in [4.69, 9.17) is 17.3 Å². The van der Waals surface area contributed by atoms with E-state index in [0.717, 1.165) is 5.56 Å². The standard InChI is InChI=1S/C23H21ClF2N6O/c1-13-11-14(3-4-15(13)23(33)29-8-2-7-27)31-21-22-30-12-18(32(22)10-9-28-21)16-5-6-17(24)20(26)19(16)25/h3-6,9-12H,2,7-8,27H2,1H3,(H,28,31)(H,29,33). The normalized spacial score (nSPS) is 11.1. The van der Waals surface area contributed by atoms with Gasteiger partial charge in [0.05, 0.1) is 16.9 Å². The molecule has 4 aromatic rings. The van der Waals surface area contributed by atoms with Crippen molar-refractivity contribution in [1.29, 1.82) is 0 Å². The molecule has 0 aliphatic carbocycles. The number of carbonyl (C=O) groups is 1. The van der Waals surface area contributed by atoms with Crippen LogP contribution in [0.2, 0.25) is 5.02 Å². The third-order valence-corrected chi connectivity index (χ3v) is 5.43. The van der Waals surface area contributed by atoms with Gasteiger partial charge in [-0.05, 0) is 55.8 Å². The molecule has 4 N–H and O–H groups in total. The number of aryl methyl sites for hydroxylation is 1. The number of halogens is 3. The average Bonchev–Trinajstić information content (AvgIpc) is 3.23. The number of hydrogen-bond acceptors (Lipinski definition) is 5. The Balaban J connectivity index is 1.62. The first kappa shape index (κ1) is 22.6. The van der Waals surface area contributed by atoms with Crippen LogP contribution in [0.4, 0.5) is 20.3 Å². The molecule has 0 spiro atoms. The van der Waals surface area contributed by atoms with E-state index in [1.54, 1.807) is 22.7 Å². The summed E-state index contributed by atoms with van der Waals surface area (Å²) in [4.78, 5) is 21.0. The lowest BCUT2D eigenvalue weighted by molar-refractivity contribution is 0.0953. The molecule has 33 heavy (non-hydrogen) atoms. The van der Waals surface area contributed by atoms with Gasteiger partial charge in [-0.25, -0.2) is 18.7 Å². The molecule has 0 saturated heterocycles. The van der Waals surface area contributed by atoms with E-state index in [0.29, 0.717) is 47.9 Å². The van der Waals surface area contributed by atoms with Crippen LogP contribution < -0.4 is 16.4 Å². The zero-order valence-electron chi connectivity index (χ0n) is 17.7. The molecule has 0 aliphatic heterocycles. The first-order valence-corrected chi connectivity index (χ1v) is 10.6. The third kappa shape index (κ3) is 4.50. The van der Waals surface area contributed by atoms with Gasteiger partial charge in [-0.2, -0.15) is 0 Å². The Morgan fingerprint density at radius 3 is 2.76 bits per heavy atom. The summed E-state index contributed by atoms with van der Waals surface area (Å²) in [5.41, 5.74) is 8.29. The number of fused-ring (bicyclic) bond motifs is 1. The van der Waals surface area contributed by atoms with E-state index in [1.807, 2.05) is 13.0 Å². The molecule has 7 nitrogen and oxygen atoms in total. The average molecular weight is 471 g/mol. The summed E-state index contributed by atoms with van der Waals surface area (Å²) in [6.45, 7) is 2.86. The van der Waals surface area contributed by atoms with Gasteiger partial charge in [-0.15, -0.1) is 0 Å². The quantitative estimate of drug-likeness (QED) is 0.274. The van der Waals surface area contributed by atoms with Gasteiger partial charge < -0.3 is 16.4 Å². The van der Waals surface area contributed by atoms with Gasteiger partial charge in [0.1, 0.15) is 0 Å². The van der Waals surface area contributed by atoms with Crippen molar-refractivity contribution < 1.29 is 13.6 Å². The van der Waals surface area contributed by atoms with E-state index in [1.165, 1.54) is 24.5 Å². The van der Waals surface area contributed by atoms with Crippen LogP contribution in [0.15, 0.2) is 48.9 Å². The molecule has 4 rings (SSSR count). The number of rotatable bonds is 7. The molecular formula is C23H21ClF2N6O. The Morgan fingerprint density at radius 1 is 1.18 bits per heavy atom. The van der Waals surface area contributed by atoms with Crippen molar-refractivity contribution in [2.24, 2.45) is 5.73 Å². The number of carbonyl (C=O) groups excluding carboxylic acids is 1. The van der Waals surface area contributed by atoms with Crippen LogP contribution in [-0.4, -0.2) is 33.4 Å². The maximum absolute atomic E-state index is 14.5. The van der Waals surface area contributed by atoms with Gasteiger partial charge in [0.25, 0.3) is 5.91 Å². The van der Waals surface area contributed by atoms with Crippen LogP contribution in [0, 0.1) is 18.6 Å². The van der Waals surface area contributed by atoms with Gasteiger partial charge in [-0.3, -0.25) is 9.20 Å². The number of nitrogens with two attached hydrogens (primary N) is 1. The van der Waals surface area contributed by atoms with Gasteiger partial charge in [0.2, 0.25) is 0 Å². The maximum Gasteiger partial charge on any atom is 0.251 e. The van der Waals surface area contributed by atoms with Crippen molar-refractivity contribution in [2.75, 3.05) is 18.4 Å². The number of benzene rings is 2. The summed E-state index contributed by atoms with van der Waals surface area (Å²) in [5, 5.41) is 5.72. The molecule has 2 aromatic heterocycles. The van der Waals surface area contributed by atoms with E-state index >= 15 is 0 Å². The number of nitrogens with one attached hydrogen (secondary N) is 2. The highest BCUT2D eigenvalue weighted by Gasteiger charge is 2.18. The molecule has 0 radical (unpaired) electrons. The van der Waals surface area contributed by atoms with Crippen LogP contribution in [0.3, 0.4) is 0 Å². The highest BCUT2D eigenvalue weighted by Crippen LogP contribution is 2.30. The summed E-state index contributed by atoms with van der Waals surface area (Å²) in [7, 11) is 0. The molecule has 170 valence electrons. The molecule has 0 atom stereocenters. The summed E-state index contributed by atoms with van der Waals surface area (Å²) in [6.07, 6.45) is 5.28. The second-order valence-corrected chi connectivity index (χ2v) is 7.80. The minimum atomic E-state index is -1.11. The Morgan fingerprint density at radius 2 is 2.00 bits per heavy atom. The highest BCUT2D eigenvalue weighted by molar-refractivity contribution is 6.30. The number of anilines is 2. The zero-order chi connectivity index (χ0) is 23.5. The lowest BCUT2D eigenvalue weighted by Crippen LogP contribution is -2.26. The van der Waals surface area contributed by atoms with E-state index in [9.17, 15) is 13.6 Å². The smallest absolute Gasteiger partial charge is 0.251 e. The fraction of sp³-hybridized carbons (Fsp3) is 0.174. The van der Waals surface area contributed by atoms with Crippen molar-refractivity contribution in [1.82, 2.24) is 19.7 Å². The van der Waals surface area contributed by atoms with Crippen molar-refractivity contribution >= 4 is 34.7 Å². The Labute approximate surface area is 193 Å². The summed E-state index contributed by atoms with van der Waals surface area (Å²) >= 11 is 5.67. The van der Waals surface area contributed by atoms with Crippen molar-refractivity contribution in [2.45, 2.75) is 13.3 Å². The van der Waals surface area contributed by atoms with E-state index in [-0.39, 0.29) is 16.5 Å². The fourth-order valence-corrected chi connectivity index (χ4v) is 3.61. The SMILES string of the molecule is Cc1cc(Nc2nccn3c(-c4ccc(Cl)c(F)c4F)cnc23)ccc1C(=O)NCCCN. The Hall–Kier alpha value is -3.56. The molecule has 0 aliphatic rings. The molecular weight excluding hydrogens is 450 g/mol. The lowest BCUT2D eigenvalue weighted by Gasteiger charge is -2.11. The highest BCUT2D eigenvalue weighted by atomic mass is 35.5. The molecule has 0 fully saturated rings. The van der Waals surface area contributed by atoms with Crippen molar-refractivity contribution in [3.63, 3.8) is 0 Å². The minimum Gasteiger partial charge on any atom is -0.352 e. The monoisotopic (exact) mass is 470 g/mol. The van der Waals surface area contributed by atoms with E-state index < -0.39 is 11.6 Å². The molecule has 0 unspecified atom stereocenters. The molecule has 0 saturated carbocycles. The van der Waals surface area contributed by atoms with Crippen molar-refractivity contribution in [3.8, 4) is 11.3 Å². The molecule has 2 aromatic carbocycles. The Bertz CT molecular complexity index is 1340. The van der Waals surface area contributed by atoms with Crippen molar-refractivity contribution in [3.05, 3.63) is 76.7 Å². The molecule has 2 heterocycles. The van der Waals surface area contributed by atoms with Crippen LogP contribution in [0.5, 0.6) is 0 Å². The van der Waals surface area contributed by atoms with Gasteiger partial charge in [-0.1, -0.05) is 11.6 Å². The topological polar surface area (TPSA) is 97.3 Å². The number of imidazole rings is 1. The predicted molar refractivity (Wildman–Crippen MR) is 124 cm³/mol. The lowest BCUT2D eigenvalue weighted by atomic mass is 10.1. The summed E-state index contributed by atoms with van der Waals surface area (Å²) in [6, 6.07) is 8.00. The molecule has 0 bridgehead atoms. The maximum atomic E-state index is 14.5. The van der Waals surface area contributed by atoms with Crippen LogP contribution in [0.25, 0.3) is 16.9 Å². The van der Waals surface area contributed by atoms with Crippen LogP contribution in [0.1, 0.15) is 22.3 Å². The first-order valence-electron chi connectivity index (χ1n) is 10.2. The van der Waals surface area contributed by atoms with Gasteiger partial charge in [0, 0.05) is 35.8 Å². The predicted octanol–water partition coefficient (Wildman–Crippen LogP) is 4.46. The second-order valence-electron chi connectivity index (χ2n) is 7.39. The third-order valence-electron chi connectivity index (χ3n) is 5.14. The minimum absolute atomic E-state index is 0.0300. The van der Waals surface area contributed by atoms with Crippen LogP contribution in [-0.2, 0) is 0 Å². The number of nitrogens with zero attached hydrogens (tertiary/aromatic N) is 3. The number of aromatic nitrogens is 3. The Kier molecular flexibility index (Phi) is 6.52. The zero-order valence-corrected chi connectivity index (χ0v) is 18.5. The first-order chi connectivity index (χ1) is 15.9. The molecule has 1 amide bonds. The number of hydrogen-bond donors (Lipinski definition) is 3. The second kappa shape index (κ2) is 9.51. The van der Waals surface area contributed by atoms with Crippen LogP contribution >= 0.6 is 11.6 Å². The van der Waals surface area contributed by atoms with E-state index in [2.05, 4.69) is 20.6 Å². The summed E-state index contributed by atoms with van der Waals surface area (Å²) in [5.74, 6) is -1.91.